The van der Waals surface area contributed by atoms with Crippen LogP contribution in [0.4, 0.5) is 0 Å². The fourth-order valence-corrected chi connectivity index (χ4v) is 2.96. The van der Waals surface area contributed by atoms with Crippen LogP contribution in [0.15, 0.2) is 50.2 Å². The summed E-state index contributed by atoms with van der Waals surface area (Å²) in [7, 11) is 0. The molecule has 0 radical (unpaired) electrons. The van der Waals surface area contributed by atoms with Crippen molar-refractivity contribution in [3.63, 3.8) is 0 Å². The van der Waals surface area contributed by atoms with E-state index in [1.807, 2.05) is 32.0 Å². The van der Waals surface area contributed by atoms with E-state index >= 15 is 0 Å². The maximum atomic E-state index is 12.3. The summed E-state index contributed by atoms with van der Waals surface area (Å²) in [4.78, 5) is 36.1. The standard InChI is InChI=1S/C21H22N2O5/c1-13-5-6-16-14(2)17(21(26)28-18(16)10-13)7-8-19(24)23-12-20(25)22-11-15-4-3-9-27-15/h3-6,9-10H,7-8,11-12H2,1-2H3,(H,22,25)(H,23,24). The molecule has 0 unspecified atom stereocenters. The van der Waals surface area contributed by atoms with Gasteiger partial charge in [-0.05, 0) is 49.6 Å². The number of amides is 2. The third-order valence-corrected chi connectivity index (χ3v) is 4.53. The number of nitrogens with one attached hydrogen (secondary N) is 2. The van der Waals surface area contributed by atoms with Gasteiger partial charge in [0.2, 0.25) is 11.8 Å². The first-order valence-electron chi connectivity index (χ1n) is 9.03. The molecule has 0 fully saturated rings. The van der Waals surface area contributed by atoms with Crippen molar-refractivity contribution in [2.45, 2.75) is 33.2 Å². The van der Waals surface area contributed by atoms with Crippen molar-refractivity contribution in [2.24, 2.45) is 0 Å². The Bertz CT molecular complexity index is 1050. The van der Waals surface area contributed by atoms with E-state index in [-0.39, 0.29) is 37.7 Å². The quantitative estimate of drug-likeness (QED) is 0.611. The largest absolute Gasteiger partial charge is 0.467 e. The number of hydrogen-bond acceptors (Lipinski definition) is 5. The van der Waals surface area contributed by atoms with E-state index < -0.39 is 5.63 Å². The van der Waals surface area contributed by atoms with Gasteiger partial charge in [-0.1, -0.05) is 12.1 Å². The predicted molar refractivity (Wildman–Crippen MR) is 104 cm³/mol. The summed E-state index contributed by atoms with van der Waals surface area (Å²) in [5.41, 5.74) is 2.42. The van der Waals surface area contributed by atoms with Crippen LogP contribution in [0.1, 0.15) is 28.9 Å². The van der Waals surface area contributed by atoms with Crippen molar-refractivity contribution >= 4 is 22.8 Å². The molecule has 0 saturated carbocycles. The molecule has 0 spiro atoms. The van der Waals surface area contributed by atoms with Gasteiger partial charge >= 0.3 is 5.63 Å². The molecule has 7 heteroatoms. The highest BCUT2D eigenvalue weighted by Crippen LogP contribution is 2.21. The van der Waals surface area contributed by atoms with Crippen LogP contribution in [-0.4, -0.2) is 18.4 Å². The SMILES string of the molecule is Cc1ccc2c(C)c(CCC(=O)NCC(=O)NCc3ccco3)c(=O)oc2c1. The molecule has 7 nitrogen and oxygen atoms in total. The van der Waals surface area contributed by atoms with Crippen LogP contribution >= 0.6 is 0 Å². The number of benzene rings is 1. The molecule has 0 aliphatic heterocycles. The highest BCUT2D eigenvalue weighted by Gasteiger charge is 2.13. The minimum absolute atomic E-state index is 0.0917. The van der Waals surface area contributed by atoms with Crippen LogP contribution < -0.4 is 16.3 Å². The Morgan fingerprint density at radius 1 is 1.07 bits per heavy atom. The lowest BCUT2D eigenvalue weighted by atomic mass is 10.0. The third kappa shape index (κ3) is 4.68. The molecule has 2 heterocycles. The summed E-state index contributed by atoms with van der Waals surface area (Å²) in [5, 5.41) is 6.06. The Hall–Kier alpha value is -3.35. The van der Waals surface area contributed by atoms with Gasteiger partial charge in [0.25, 0.3) is 0 Å². The monoisotopic (exact) mass is 382 g/mol. The molecule has 2 aromatic heterocycles. The van der Waals surface area contributed by atoms with Gasteiger partial charge in [-0.15, -0.1) is 0 Å². The molecule has 2 amide bonds. The smallest absolute Gasteiger partial charge is 0.339 e. The normalized spacial score (nSPS) is 10.8. The Morgan fingerprint density at radius 2 is 1.89 bits per heavy atom. The summed E-state index contributed by atoms with van der Waals surface area (Å²) in [6, 6.07) is 9.16. The van der Waals surface area contributed by atoms with Gasteiger partial charge < -0.3 is 19.5 Å². The maximum Gasteiger partial charge on any atom is 0.339 e. The zero-order valence-corrected chi connectivity index (χ0v) is 15.8. The van der Waals surface area contributed by atoms with E-state index in [2.05, 4.69) is 10.6 Å². The fourth-order valence-electron chi connectivity index (χ4n) is 2.96. The lowest BCUT2D eigenvalue weighted by Gasteiger charge is -2.09. The predicted octanol–water partition coefficient (Wildman–Crippen LogP) is 2.37. The number of furan rings is 1. The molecule has 1 aromatic carbocycles. The molecule has 0 saturated heterocycles. The number of aryl methyl sites for hydroxylation is 2. The summed E-state index contributed by atoms with van der Waals surface area (Å²) in [6.07, 6.45) is 1.86. The van der Waals surface area contributed by atoms with Crippen molar-refractivity contribution in [3.05, 3.63) is 69.5 Å². The topological polar surface area (TPSA) is 102 Å². The van der Waals surface area contributed by atoms with Gasteiger partial charge in [-0.2, -0.15) is 0 Å². The molecule has 0 aliphatic rings. The summed E-state index contributed by atoms with van der Waals surface area (Å²) < 4.78 is 10.5. The zero-order valence-electron chi connectivity index (χ0n) is 15.8. The number of fused-ring (bicyclic) bond motifs is 1. The second-order valence-corrected chi connectivity index (χ2v) is 6.63. The molecule has 0 atom stereocenters. The Balaban J connectivity index is 1.53. The first kappa shape index (κ1) is 19.4. The Labute approximate surface area is 161 Å². The highest BCUT2D eigenvalue weighted by atomic mass is 16.4. The molecular weight excluding hydrogens is 360 g/mol. The molecule has 2 N–H and O–H groups in total. The molecule has 146 valence electrons. The van der Waals surface area contributed by atoms with Gasteiger partial charge in [0.1, 0.15) is 11.3 Å². The summed E-state index contributed by atoms with van der Waals surface area (Å²) >= 11 is 0. The Kier molecular flexibility index (Phi) is 5.93. The van der Waals surface area contributed by atoms with E-state index in [0.29, 0.717) is 16.9 Å². The molecule has 3 aromatic rings. The molecular formula is C21H22N2O5. The van der Waals surface area contributed by atoms with E-state index in [0.717, 1.165) is 16.5 Å². The van der Waals surface area contributed by atoms with Crippen molar-refractivity contribution < 1.29 is 18.4 Å². The average molecular weight is 382 g/mol. The van der Waals surface area contributed by atoms with Gasteiger partial charge in [0, 0.05) is 17.4 Å². The van der Waals surface area contributed by atoms with Crippen molar-refractivity contribution in [1.29, 1.82) is 0 Å². The van der Waals surface area contributed by atoms with E-state index in [9.17, 15) is 14.4 Å². The second-order valence-electron chi connectivity index (χ2n) is 6.63. The second kappa shape index (κ2) is 8.56. The van der Waals surface area contributed by atoms with Crippen LogP contribution in [-0.2, 0) is 22.6 Å². The zero-order chi connectivity index (χ0) is 20.1. The number of carbonyl (C=O) groups is 2. The number of rotatable bonds is 7. The third-order valence-electron chi connectivity index (χ3n) is 4.53. The van der Waals surface area contributed by atoms with Crippen LogP contribution in [0.25, 0.3) is 11.0 Å². The summed E-state index contributed by atoms with van der Waals surface area (Å²) in [5.74, 6) is 0.00541. The lowest BCUT2D eigenvalue weighted by molar-refractivity contribution is -0.126. The number of hydrogen-bond donors (Lipinski definition) is 2. The van der Waals surface area contributed by atoms with Crippen LogP contribution in [0.2, 0.25) is 0 Å². The van der Waals surface area contributed by atoms with Gasteiger partial charge in [-0.25, -0.2) is 4.79 Å². The maximum absolute atomic E-state index is 12.3. The van der Waals surface area contributed by atoms with Crippen molar-refractivity contribution in [1.82, 2.24) is 10.6 Å². The summed E-state index contributed by atoms with van der Waals surface area (Å²) in [6.45, 7) is 3.91. The fraction of sp³-hybridized carbons (Fsp3) is 0.286. The molecule has 3 rings (SSSR count). The molecule has 28 heavy (non-hydrogen) atoms. The number of carbonyl (C=O) groups excluding carboxylic acids is 2. The van der Waals surface area contributed by atoms with Crippen molar-refractivity contribution in [2.75, 3.05) is 6.54 Å². The molecule has 0 bridgehead atoms. The van der Waals surface area contributed by atoms with Gasteiger partial charge in [0.05, 0.1) is 19.4 Å². The van der Waals surface area contributed by atoms with E-state index in [1.54, 1.807) is 12.1 Å². The van der Waals surface area contributed by atoms with Gasteiger partial charge in [0.15, 0.2) is 0 Å². The van der Waals surface area contributed by atoms with E-state index in [4.69, 9.17) is 8.83 Å². The van der Waals surface area contributed by atoms with Crippen LogP contribution in [0, 0.1) is 13.8 Å². The highest BCUT2D eigenvalue weighted by molar-refractivity contribution is 5.85. The Morgan fingerprint density at radius 3 is 2.64 bits per heavy atom. The van der Waals surface area contributed by atoms with E-state index in [1.165, 1.54) is 6.26 Å². The van der Waals surface area contributed by atoms with Crippen LogP contribution in [0.3, 0.4) is 0 Å². The average Bonchev–Trinajstić information content (AvgIpc) is 3.17. The first-order valence-corrected chi connectivity index (χ1v) is 9.03. The minimum atomic E-state index is -0.431. The minimum Gasteiger partial charge on any atom is -0.467 e. The van der Waals surface area contributed by atoms with Crippen molar-refractivity contribution in [3.8, 4) is 0 Å². The lowest BCUT2D eigenvalue weighted by Crippen LogP contribution is -2.36. The van der Waals surface area contributed by atoms with Crippen LogP contribution in [0.5, 0.6) is 0 Å². The van der Waals surface area contributed by atoms with Gasteiger partial charge in [-0.3, -0.25) is 9.59 Å². The molecule has 0 aliphatic carbocycles. The first-order chi connectivity index (χ1) is 13.4.